The zero-order valence-corrected chi connectivity index (χ0v) is 16.3. The predicted molar refractivity (Wildman–Crippen MR) is 102 cm³/mol. The summed E-state index contributed by atoms with van der Waals surface area (Å²) >= 11 is 2.14. The van der Waals surface area contributed by atoms with Crippen LogP contribution in [0.1, 0.15) is 22.6 Å². The Bertz CT molecular complexity index is 954. The number of rotatable bonds is 3. The number of hydrogen-bond acceptors (Lipinski definition) is 4. The predicted octanol–water partition coefficient (Wildman–Crippen LogP) is 4.92. The SMILES string of the molecule is FC(F)(F)c1ccc(-c2ncc3c(n2)CCN(Cc2ccc(I)o2)C3)cc1. The van der Waals surface area contributed by atoms with E-state index in [2.05, 4.69) is 37.5 Å². The van der Waals surface area contributed by atoms with E-state index in [4.69, 9.17) is 4.42 Å². The summed E-state index contributed by atoms with van der Waals surface area (Å²) in [5, 5.41) is 0. The molecule has 0 aliphatic carbocycles. The topological polar surface area (TPSA) is 42.2 Å². The molecule has 0 amide bonds. The first-order chi connectivity index (χ1) is 12.9. The molecule has 2 aromatic heterocycles. The summed E-state index contributed by atoms with van der Waals surface area (Å²) in [5.74, 6) is 1.38. The highest BCUT2D eigenvalue weighted by Gasteiger charge is 2.30. The fourth-order valence-corrected chi connectivity index (χ4v) is 3.58. The Kier molecular flexibility index (Phi) is 4.94. The van der Waals surface area contributed by atoms with Crippen molar-refractivity contribution in [2.75, 3.05) is 6.54 Å². The summed E-state index contributed by atoms with van der Waals surface area (Å²) in [6.07, 6.45) is -1.80. The molecule has 27 heavy (non-hydrogen) atoms. The molecule has 8 heteroatoms. The fraction of sp³-hybridized carbons (Fsp3) is 0.263. The average molecular weight is 485 g/mol. The van der Waals surface area contributed by atoms with Crippen LogP contribution in [0.15, 0.2) is 47.0 Å². The third-order valence-corrected chi connectivity index (χ3v) is 5.07. The Morgan fingerprint density at radius 2 is 1.89 bits per heavy atom. The molecule has 140 valence electrons. The molecule has 3 aromatic rings. The first kappa shape index (κ1) is 18.4. The third-order valence-electron chi connectivity index (χ3n) is 4.49. The van der Waals surface area contributed by atoms with Crippen molar-refractivity contribution in [2.24, 2.45) is 0 Å². The molecule has 0 unspecified atom stereocenters. The van der Waals surface area contributed by atoms with E-state index in [0.717, 1.165) is 59.0 Å². The van der Waals surface area contributed by atoms with Crippen molar-refractivity contribution in [3.8, 4) is 11.4 Å². The van der Waals surface area contributed by atoms with Gasteiger partial charge in [-0.25, -0.2) is 9.97 Å². The van der Waals surface area contributed by atoms with Gasteiger partial charge >= 0.3 is 6.18 Å². The molecular formula is C19H15F3IN3O. The van der Waals surface area contributed by atoms with E-state index >= 15 is 0 Å². The van der Waals surface area contributed by atoms with E-state index in [1.807, 2.05) is 12.1 Å². The van der Waals surface area contributed by atoms with Gasteiger partial charge in [0.1, 0.15) is 5.76 Å². The summed E-state index contributed by atoms with van der Waals surface area (Å²) in [5.41, 5.74) is 1.90. The largest absolute Gasteiger partial charge is 0.454 e. The monoisotopic (exact) mass is 485 g/mol. The maximum absolute atomic E-state index is 12.7. The van der Waals surface area contributed by atoms with E-state index in [1.54, 1.807) is 6.20 Å². The van der Waals surface area contributed by atoms with Crippen LogP contribution in [-0.2, 0) is 25.7 Å². The minimum atomic E-state index is -4.34. The second kappa shape index (κ2) is 7.23. The third kappa shape index (κ3) is 4.16. The lowest BCUT2D eigenvalue weighted by molar-refractivity contribution is -0.137. The summed E-state index contributed by atoms with van der Waals surface area (Å²) in [7, 11) is 0. The van der Waals surface area contributed by atoms with Gasteiger partial charge in [0.05, 0.1) is 17.8 Å². The molecule has 0 radical (unpaired) electrons. The van der Waals surface area contributed by atoms with Crippen molar-refractivity contribution in [3.63, 3.8) is 0 Å². The quantitative estimate of drug-likeness (QED) is 0.495. The number of furan rings is 1. The molecule has 0 bridgehead atoms. The van der Waals surface area contributed by atoms with Gasteiger partial charge in [-0.1, -0.05) is 12.1 Å². The highest BCUT2D eigenvalue weighted by Crippen LogP contribution is 2.30. The molecule has 0 fully saturated rings. The van der Waals surface area contributed by atoms with Gasteiger partial charge in [0.15, 0.2) is 9.59 Å². The molecule has 0 N–H and O–H groups in total. The molecule has 1 aromatic carbocycles. The van der Waals surface area contributed by atoms with Crippen LogP contribution in [0.5, 0.6) is 0 Å². The second-order valence-electron chi connectivity index (χ2n) is 6.41. The van der Waals surface area contributed by atoms with Crippen molar-refractivity contribution < 1.29 is 17.6 Å². The van der Waals surface area contributed by atoms with Crippen LogP contribution >= 0.6 is 22.6 Å². The van der Waals surface area contributed by atoms with Crippen LogP contribution in [0.2, 0.25) is 0 Å². The van der Waals surface area contributed by atoms with Crippen LogP contribution in [-0.4, -0.2) is 21.4 Å². The van der Waals surface area contributed by atoms with Crippen LogP contribution in [0.25, 0.3) is 11.4 Å². The van der Waals surface area contributed by atoms with Gasteiger partial charge in [-0.05, 0) is 46.9 Å². The highest BCUT2D eigenvalue weighted by molar-refractivity contribution is 14.1. The van der Waals surface area contributed by atoms with E-state index in [0.29, 0.717) is 11.4 Å². The molecule has 0 spiro atoms. The number of benzene rings is 1. The first-order valence-corrected chi connectivity index (χ1v) is 9.45. The summed E-state index contributed by atoms with van der Waals surface area (Å²) < 4.78 is 44.6. The van der Waals surface area contributed by atoms with E-state index in [9.17, 15) is 13.2 Å². The Morgan fingerprint density at radius 1 is 1.11 bits per heavy atom. The minimum Gasteiger partial charge on any atom is -0.454 e. The lowest BCUT2D eigenvalue weighted by Crippen LogP contribution is -2.30. The highest BCUT2D eigenvalue weighted by atomic mass is 127. The average Bonchev–Trinajstić information content (AvgIpc) is 3.05. The Labute approximate surface area is 167 Å². The Morgan fingerprint density at radius 3 is 2.56 bits per heavy atom. The van der Waals surface area contributed by atoms with Crippen LogP contribution in [0, 0.1) is 3.77 Å². The molecule has 0 atom stereocenters. The maximum atomic E-state index is 12.7. The van der Waals surface area contributed by atoms with Gasteiger partial charge in [-0.2, -0.15) is 13.2 Å². The van der Waals surface area contributed by atoms with Gasteiger partial charge in [-0.3, -0.25) is 4.90 Å². The molecule has 0 saturated carbocycles. The number of halogens is 4. The molecule has 0 saturated heterocycles. The zero-order chi connectivity index (χ0) is 19.0. The van der Waals surface area contributed by atoms with Crippen LogP contribution in [0.4, 0.5) is 13.2 Å². The molecule has 4 nitrogen and oxygen atoms in total. The lowest BCUT2D eigenvalue weighted by Gasteiger charge is -2.27. The molecule has 4 rings (SSSR count). The van der Waals surface area contributed by atoms with Crippen LogP contribution in [0.3, 0.4) is 0 Å². The van der Waals surface area contributed by atoms with Gasteiger partial charge in [0.2, 0.25) is 0 Å². The van der Waals surface area contributed by atoms with E-state index in [-0.39, 0.29) is 0 Å². The Balaban J connectivity index is 1.50. The van der Waals surface area contributed by atoms with Crippen molar-refractivity contribution in [3.05, 3.63) is 68.9 Å². The lowest BCUT2D eigenvalue weighted by atomic mass is 10.1. The van der Waals surface area contributed by atoms with E-state index in [1.165, 1.54) is 12.1 Å². The minimum absolute atomic E-state index is 0.455. The number of aromatic nitrogens is 2. The maximum Gasteiger partial charge on any atom is 0.416 e. The number of alkyl halides is 3. The molecular weight excluding hydrogens is 470 g/mol. The summed E-state index contributed by atoms with van der Waals surface area (Å²) in [6, 6.07) is 8.86. The molecule has 1 aliphatic heterocycles. The summed E-state index contributed by atoms with van der Waals surface area (Å²) in [6.45, 7) is 2.29. The fourth-order valence-electron chi connectivity index (χ4n) is 3.11. The zero-order valence-electron chi connectivity index (χ0n) is 14.1. The Hall–Kier alpha value is -1.94. The number of hydrogen-bond donors (Lipinski definition) is 0. The molecule has 1 aliphatic rings. The van der Waals surface area contributed by atoms with Crippen LogP contribution < -0.4 is 0 Å². The number of fused-ring (bicyclic) bond motifs is 1. The van der Waals surface area contributed by atoms with Crippen molar-refractivity contribution >= 4 is 22.6 Å². The van der Waals surface area contributed by atoms with E-state index < -0.39 is 11.7 Å². The van der Waals surface area contributed by atoms with Crippen molar-refractivity contribution in [2.45, 2.75) is 25.7 Å². The normalized spacial score (nSPS) is 15.0. The van der Waals surface area contributed by atoms with Gasteiger partial charge in [0.25, 0.3) is 0 Å². The second-order valence-corrected chi connectivity index (χ2v) is 7.47. The number of nitrogens with zero attached hydrogens (tertiary/aromatic N) is 3. The van der Waals surface area contributed by atoms with Gasteiger partial charge in [0, 0.05) is 36.8 Å². The van der Waals surface area contributed by atoms with Gasteiger partial charge in [-0.15, -0.1) is 0 Å². The first-order valence-electron chi connectivity index (χ1n) is 8.37. The molecule has 3 heterocycles. The van der Waals surface area contributed by atoms with Crippen molar-refractivity contribution in [1.29, 1.82) is 0 Å². The van der Waals surface area contributed by atoms with Gasteiger partial charge < -0.3 is 4.42 Å². The summed E-state index contributed by atoms with van der Waals surface area (Å²) in [4.78, 5) is 11.2. The standard InChI is InChI=1S/C19H15F3IN3O/c20-19(21,22)14-3-1-12(2-4-14)18-24-9-13-10-26(8-7-16(13)25-18)11-15-5-6-17(23)27-15/h1-6,9H,7-8,10-11H2. The smallest absolute Gasteiger partial charge is 0.416 e. The van der Waals surface area contributed by atoms with Crippen molar-refractivity contribution in [1.82, 2.24) is 14.9 Å².